The number of rotatable bonds is 9. The van der Waals surface area contributed by atoms with Crippen molar-refractivity contribution < 1.29 is 19.1 Å². The average molecular weight is 613 g/mol. The number of carbonyl (C=O) groups is 3. The van der Waals surface area contributed by atoms with Crippen molar-refractivity contribution in [1.29, 1.82) is 5.26 Å². The number of benzene rings is 2. The van der Waals surface area contributed by atoms with Crippen LogP contribution in [0.25, 0.3) is 10.8 Å². The fourth-order valence-electron chi connectivity index (χ4n) is 6.53. The van der Waals surface area contributed by atoms with Crippen molar-refractivity contribution in [2.75, 3.05) is 31.5 Å². The number of likely N-dealkylation sites (tertiary alicyclic amines) is 1. The third-order valence-corrected chi connectivity index (χ3v) is 9.62. The summed E-state index contributed by atoms with van der Waals surface area (Å²) in [7, 11) is 0. The second kappa shape index (κ2) is 13.7. The van der Waals surface area contributed by atoms with Crippen molar-refractivity contribution >= 4 is 44.9 Å². The number of anilines is 1. The van der Waals surface area contributed by atoms with E-state index in [1.54, 1.807) is 19.1 Å². The van der Waals surface area contributed by atoms with Crippen LogP contribution in [0.5, 0.6) is 0 Å². The van der Waals surface area contributed by atoms with Gasteiger partial charge >= 0.3 is 5.97 Å². The summed E-state index contributed by atoms with van der Waals surface area (Å²) in [4.78, 5) is 43.7. The maximum absolute atomic E-state index is 13.3. The number of esters is 1. The summed E-state index contributed by atoms with van der Waals surface area (Å²) in [5.41, 5.74) is 1.46. The lowest BCUT2D eigenvalue weighted by atomic mass is 9.87. The molecule has 230 valence electrons. The fraction of sp³-hybridized carbons (Fsp3) is 0.429. The number of hydrogen-bond acceptors (Lipinski definition) is 7. The van der Waals surface area contributed by atoms with Gasteiger partial charge in [0.15, 0.2) is 0 Å². The second-order valence-corrected chi connectivity index (χ2v) is 13.4. The van der Waals surface area contributed by atoms with Gasteiger partial charge in [-0.05, 0) is 81.3 Å². The lowest BCUT2D eigenvalue weighted by Gasteiger charge is -2.37. The molecule has 0 saturated carbocycles. The zero-order valence-electron chi connectivity index (χ0n) is 25.7. The number of amides is 2. The van der Waals surface area contributed by atoms with Crippen LogP contribution in [-0.4, -0.2) is 59.4 Å². The van der Waals surface area contributed by atoms with E-state index in [4.69, 9.17) is 4.74 Å². The standard InChI is InChI=1S/C35H40N4O4S/c1-4-9-32(41)43-35(2,3)20-24-10-8-17-38(22-24)18-16-31(40)39-19-15-27-29(21-36)34(44-30(27)23-39)37-33(42)28-14-7-12-25-11-5-6-13-26(25)28/h4-7,9,11-14,24H,8,10,15-20,22-23H2,1-3H3,(H,37,42). The minimum Gasteiger partial charge on any atom is -0.457 e. The highest BCUT2D eigenvalue weighted by Gasteiger charge is 2.31. The SMILES string of the molecule is CC=CC(=O)OC(C)(C)CC1CCCN(CCC(=O)N2CCc3c(sc(NC(=O)c4cccc5ccccc45)c3C#N)C2)C1. The topological polar surface area (TPSA) is 103 Å². The highest BCUT2D eigenvalue weighted by Crippen LogP contribution is 2.37. The van der Waals surface area contributed by atoms with E-state index in [1.807, 2.05) is 55.1 Å². The monoisotopic (exact) mass is 612 g/mol. The van der Waals surface area contributed by atoms with E-state index in [2.05, 4.69) is 16.3 Å². The molecule has 0 radical (unpaired) electrons. The molecule has 1 atom stereocenters. The van der Waals surface area contributed by atoms with Crippen LogP contribution in [0.1, 0.15) is 72.8 Å². The number of nitrogens with zero attached hydrogens (tertiary/aromatic N) is 3. The van der Waals surface area contributed by atoms with Crippen LogP contribution in [0.4, 0.5) is 5.00 Å². The largest absolute Gasteiger partial charge is 0.457 e. The number of hydrogen-bond donors (Lipinski definition) is 1. The number of thiophene rings is 1. The van der Waals surface area contributed by atoms with E-state index in [1.165, 1.54) is 17.4 Å². The van der Waals surface area contributed by atoms with Crippen molar-refractivity contribution in [2.24, 2.45) is 5.92 Å². The number of nitriles is 1. The zero-order valence-corrected chi connectivity index (χ0v) is 26.5. The van der Waals surface area contributed by atoms with Crippen molar-refractivity contribution in [3.05, 3.63) is 76.2 Å². The predicted molar refractivity (Wildman–Crippen MR) is 173 cm³/mol. The molecule has 44 heavy (non-hydrogen) atoms. The number of nitrogens with one attached hydrogen (secondary N) is 1. The Morgan fingerprint density at radius 2 is 1.95 bits per heavy atom. The van der Waals surface area contributed by atoms with Gasteiger partial charge in [-0.2, -0.15) is 5.26 Å². The second-order valence-electron chi connectivity index (χ2n) is 12.3. The molecule has 1 fully saturated rings. The Balaban J connectivity index is 1.17. The summed E-state index contributed by atoms with van der Waals surface area (Å²) < 4.78 is 5.65. The predicted octanol–water partition coefficient (Wildman–Crippen LogP) is 6.30. The van der Waals surface area contributed by atoms with Crippen LogP contribution in [0, 0.1) is 17.2 Å². The summed E-state index contributed by atoms with van der Waals surface area (Å²) in [6.45, 7) is 9.27. The molecule has 1 N–H and O–H groups in total. The first kappa shape index (κ1) is 31.4. The molecule has 0 aliphatic carbocycles. The van der Waals surface area contributed by atoms with Crippen LogP contribution in [0.2, 0.25) is 0 Å². The third-order valence-electron chi connectivity index (χ3n) is 8.49. The first-order chi connectivity index (χ1) is 21.2. The molecule has 3 heterocycles. The maximum atomic E-state index is 13.3. The van der Waals surface area contributed by atoms with Crippen molar-refractivity contribution in [2.45, 2.75) is 65.0 Å². The highest BCUT2D eigenvalue weighted by atomic mass is 32.1. The van der Waals surface area contributed by atoms with Gasteiger partial charge in [0, 0.05) is 42.6 Å². The first-order valence-electron chi connectivity index (χ1n) is 15.4. The first-order valence-corrected chi connectivity index (χ1v) is 16.2. The molecule has 2 aliphatic heterocycles. The van der Waals surface area contributed by atoms with Gasteiger partial charge in [-0.25, -0.2) is 4.79 Å². The Bertz CT molecular complexity index is 1610. The van der Waals surface area contributed by atoms with Crippen molar-refractivity contribution in [1.82, 2.24) is 9.80 Å². The molecule has 3 aromatic rings. The molecule has 0 bridgehead atoms. The van der Waals surface area contributed by atoms with Gasteiger partial charge in [-0.1, -0.05) is 42.5 Å². The fourth-order valence-corrected chi connectivity index (χ4v) is 7.74. The molecule has 9 heteroatoms. The van der Waals surface area contributed by atoms with Crippen LogP contribution in [-0.2, 0) is 27.3 Å². The van der Waals surface area contributed by atoms with E-state index in [-0.39, 0.29) is 17.8 Å². The van der Waals surface area contributed by atoms with Crippen LogP contribution < -0.4 is 5.32 Å². The molecule has 8 nitrogen and oxygen atoms in total. The van der Waals surface area contributed by atoms with Gasteiger partial charge in [0.05, 0.1) is 12.1 Å². The summed E-state index contributed by atoms with van der Waals surface area (Å²) >= 11 is 1.40. The Morgan fingerprint density at radius 1 is 1.16 bits per heavy atom. The summed E-state index contributed by atoms with van der Waals surface area (Å²) in [6, 6.07) is 15.7. The molecule has 1 aromatic heterocycles. The van der Waals surface area contributed by atoms with E-state index in [0.717, 1.165) is 53.6 Å². The highest BCUT2D eigenvalue weighted by molar-refractivity contribution is 7.16. The number of fused-ring (bicyclic) bond motifs is 2. The lowest BCUT2D eigenvalue weighted by molar-refractivity contribution is -0.152. The van der Waals surface area contributed by atoms with Gasteiger partial charge in [-0.3, -0.25) is 9.59 Å². The van der Waals surface area contributed by atoms with Crippen molar-refractivity contribution in [3.63, 3.8) is 0 Å². The van der Waals surface area contributed by atoms with Gasteiger partial charge in [0.2, 0.25) is 5.91 Å². The molecular weight excluding hydrogens is 572 g/mol. The Morgan fingerprint density at radius 3 is 2.75 bits per heavy atom. The Hall–Kier alpha value is -4.00. The Kier molecular flexibility index (Phi) is 9.82. The molecule has 5 rings (SSSR count). The molecular formula is C35H40N4O4S. The third kappa shape index (κ3) is 7.37. The molecule has 1 unspecified atom stereocenters. The Labute approximate surface area is 263 Å². The van der Waals surface area contributed by atoms with Gasteiger partial charge < -0.3 is 19.9 Å². The number of carbonyl (C=O) groups excluding carboxylic acids is 3. The normalized spacial score (nSPS) is 17.3. The van der Waals surface area contributed by atoms with Crippen LogP contribution in [0.3, 0.4) is 0 Å². The summed E-state index contributed by atoms with van der Waals surface area (Å²) in [5, 5.41) is 15.4. The minimum atomic E-state index is -0.540. The van der Waals surface area contributed by atoms with Crippen molar-refractivity contribution in [3.8, 4) is 6.07 Å². The molecule has 2 aliphatic rings. The average Bonchev–Trinajstić information content (AvgIpc) is 3.35. The smallest absolute Gasteiger partial charge is 0.330 e. The van der Waals surface area contributed by atoms with Crippen LogP contribution >= 0.6 is 11.3 Å². The van der Waals surface area contributed by atoms with Gasteiger partial charge in [0.25, 0.3) is 5.91 Å². The number of ether oxygens (including phenoxy) is 1. The van der Waals surface area contributed by atoms with E-state index in [9.17, 15) is 19.6 Å². The molecule has 2 amide bonds. The van der Waals surface area contributed by atoms with Gasteiger partial charge in [0.1, 0.15) is 16.7 Å². The van der Waals surface area contributed by atoms with E-state index < -0.39 is 5.60 Å². The minimum absolute atomic E-state index is 0.103. The quantitative estimate of drug-likeness (QED) is 0.225. The molecule has 0 spiro atoms. The lowest BCUT2D eigenvalue weighted by Crippen LogP contribution is -2.42. The summed E-state index contributed by atoms with van der Waals surface area (Å²) in [5.74, 6) is -0.0501. The van der Waals surface area contributed by atoms with Crippen LogP contribution in [0.15, 0.2) is 54.6 Å². The van der Waals surface area contributed by atoms with E-state index in [0.29, 0.717) is 54.5 Å². The zero-order chi connectivity index (χ0) is 31.3. The molecule has 2 aromatic carbocycles. The van der Waals surface area contributed by atoms with E-state index >= 15 is 0 Å². The summed E-state index contributed by atoms with van der Waals surface area (Å²) in [6.07, 6.45) is 7.10. The maximum Gasteiger partial charge on any atom is 0.330 e. The van der Waals surface area contributed by atoms with Gasteiger partial charge in [-0.15, -0.1) is 11.3 Å². The number of piperidine rings is 1. The number of allylic oxidation sites excluding steroid dienone is 1. The molecule has 1 saturated heterocycles.